The summed E-state index contributed by atoms with van der Waals surface area (Å²) in [5.41, 5.74) is 1.07. The number of hydrogen-bond acceptors (Lipinski definition) is 1. The average Bonchev–Trinajstić information content (AvgIpc) is 3.13. The molecule has 0 aromatic heterocycles. The first-order chi connectivity index (χ1) is 9.34. The third-order valence-corrected chi connectivity index (χ3v) is 3.21. The minimum absolute atomic E-state index is 0. The molecule has 0 saturated heterocycles. The van der Waals surface area contributed by atoms with Crippen molar-refractivity contribution in [2.75, 3.05) is 0 Å². The summed E-state index contributed by atoms with van der Waals surface area (Å²) >= 11 is 0. The van der Waals surface area contributed by atoms with Gasteiger partial charge in [0.1, 0.15) is 0 Å². The molecule has 0 aliphatic rings. The van der Waals surface area contributed by atoms with E-state index in [1.807, 2.05) is 54.6 Å². The zero-order chi connectivity index (χ0) is 13.8. The zero-order valence-corrected chi connectivity index (χ0v) is 13.4. The Morgan fingerprint density at radius 1 is 0.900 bits per heavy atom. The van der Waals surface area contributed by atoms with Gasteiger partial charge in [0.05, 0.1) is 0 Å². The van der Waals surface area contributed by atoms with Gasteiger partial charge in [-0.25, -0.2) is 12.1 Å². The first-order valence-corrected chi connectivity index (χ1v) is 7.41. The third-order valence-electron chi connectivity index (χ3n) is 3.21. The molecule has 0 aliphatic heterocycles. The van der Waals surface area contributed by atoms with Crippen LogP contribution < -0.4 is 0 Å². The van der Waals surface area contributed by atoms with Crippen molar-refractivity contribution < 1.29 is 22.2 Å². The van der Waals surface area contributed by atoms with Crippen LogP contribution in [0.2, 0.25) is 0 Å². The Morgan fingerprint density at radius 3 is 1.90 bits per heavy atom. The Kier molecular flexibility index (Phi) is 12.6. The maximum atomic E-state index is 9.77. The first kappa shape index (κ1) is 19.2. The SMILES string of the molecule is CCCCCCCC(O)[c-]1cccc1.[Fe].[cH-]1[cH-][cH-][cH-][cH-]1. The second kappa shape index (κ2) is 13.2. The van der Waals surface area contributed by atoms with Gasteiger partial charge in [0.2, 0.25) is 0 Å². The molecule has 0 fully saturated rings. The monoisotopic (exact) mass is 314 g/mol. The van der Waals surface area contributed by atoms with E-state index in [1.165, 1.54) is 25.7 Å². The number of aliphatic hydroxyl groups is 1. The molecule has 1 N–H and O–H groups in total. The van der Waals surface area contributed by atoms with Gasteiger partial charge in [0, 0.05) is 23.2 Å². The summed E-state index contributed by atoms with van der Waals surface area (Å²) < 4.78 is 0. The van der Waals surface area contributed by atoms with Crippen molar-refractivity contribution >= 4 is 0 Å². The van der Waals surface area contributed by atoms with Gasteiger partial charge in [-0.3, -0.25) is 0 Å². The molecule has 1 atom stereocenters. The van der Waals surface area contributed by atoms with Crippen LogP contribution in [0.4, 0.5) is 0 Å². The van der Waals surface area contributed by atoms with E-state index in [0.717, 1.165) is 18.4 Å². The molecule has 2 aromatic carbocycles. The molecule has 1 unspecified atom stereocenters. The summed E-state index contributed by atoms with van der Waals surface area (Å²) in [6.45, 7) is 2.22. The fourth-order valence-corrected chi connectivity index (χ4v) is 2.04. The maximum Gasteiger partial charge on any atom is 0.0351 e. The van der Waals surface area contributed by atoms with Crippen molar-refractivity contribution in [2.45, 2.75) is 51.6 Å². The van der Waals surface area contributed by atoms with Gasteiger partial charge in [0.25, 0.3) is 0 Å². The van der Waals surface area contributed by atoms with Crippen molar-refractivity contribution in [2.24, 2.45) is 0 Å². The maximum absolute atomic E-state index is 9.77. The van der Waals surface area contributed by atoms with Crippen LogP contribution in [0, 0.1) is 0 Å². The normalized spacial score (nSPS) is 11.1. The largest absolute Gasteiger partial charge is 0.748 e. The van der Waals surface area contributed by atoms with Crippen molar-refractivity contribution in [3.63, 3.8) is 0 Å². The van der Waals surface area contributed by atoms with Crippen LogP contribution >= 0.6 is 0 Å². The summed E-state index contributed by atoms with van der Waals surface area (Å²) in [4.78, 5) is 0. The molecule has 0 aliphatic carbocycles. The van der Waals surface area contributed by atoms with Gasteiger partial charge >= 0.3 is 0 Å². The van der Waals surface area contributed by atoms with Crippen molar-refractivity contribution in [3.8, 4) is 0 Å². The van der Waals surface area contributed by atoms with Crippen LogP contribution in [0.15, 0.2) is 54.6 Å². The number of aliphatic hydroxyl groups excluding tert-OH is 1. The molecule has 0 spiro atoms. The predicted molar refractivity (Wildman–Crippen MR) is 82.4 cm³/mol. The Morgan fingerprint density at radius 2 is 1.40 bits per heavy atom. The molecular formula is C18H26FeO-6. The topological polar surface area (TPSA) is 20.2 Å². The summed E-state index contributed by atoms with van der Waals surface area (Å²) in [5.74, 6) is 0. The number of unbranched alkanes of at least 4 members (excludes halogenated alkanes) is 4. The number of hydrogen-bond donors (Lipinski definition) is 1. The van der Waals surface area contributed by atoms with E-state index in [9.17, 15) is 5.11 Å². The van der Waals surface area contributed by atoms with Crippen molar-refractivity contribution in [1.29, 1.82) is 0 Å². The van der Waals surface area contributed by atoms with Crippen LogP contribution in [-0.2, 0) is 17.1 Å². The quantitative estimate of drug-likeness (QED) is 0.423. The molecule has 2 heteroatoms. The number of rotatable bonds is 7. The summed E-state index contributed by atoms with van der Waals surface area (Å²) in [6.07, 6.45) is 6.99. The Hall–Kier alpha value is -0.821. The Labute approximate surface area is 134 Å². The predicted octanol–water partition coefficient (Wildman–Crippen LogP) is 5.20. The van der Waals surface area contributed by atoms with Gasteiger partial charge < -0.3 is 35.4 Å². The van der Waals surface area contributed by atoms with Gasteiger partial charge in [-0.1, -0.05) is 39.0 Å². The zero-order valence-electron chi connectivity index (χ0n) is 12.3. The van der Waals surface area contributed by atoms with E-state index in [4.69, 9.17) is 0 Å². The van der Waals surface area contributed by atoms with Crippen LogP contribution in [0.1, 0.15) is 57.1 Å². The van der Waals surface area contributed by atoms with Crippen molar-refractivity contribution in [1.82, 2.24) is 0 Å². The molecule has 0 heterocycles. The van der Waals surface area contributed by atoms with E-state index in [2.05, 4.69) is 6.92 Å². The minimum atomic E-state index is -0.244. The Bertz CT molecular complexity index is 347. The van der Waals surface area contributed by atoms with Gasteiger partial charge in [-0.2, -0.15) is 12.1 Å². The molecule has 20 heavy (non-hydrogen) atoms. The van der Waals surface area contributed by atoms with Crippen molar-refractivity contribution in [3.05, 3.63) is 60.2 Å². The van der Waals surface area contributed by atoms with Crippen LogP contribution in [-0.4, -0.2) is 5.11 Å². The smallest absolute Gasteiger partial charge is 0.0351 e. The fraction of sp³-hybridized carbons (Fsp3) is 0.444. The average molecular weight is 314 g/mol. The molecule has 0 saturated carbocycles. The third kappa shape index (κ3) is 9.14. The summed E-state index contributed by atoms with van der Waals surface area (Å²) in [6, 6.07) is 18.0. The molecule has 0 radical (unpaired) electrons. The van der Waals surface area contributed by atoms with Gasteiger partial charge in [0.15, 0.2) is 0 Å². The summed E-state index contributed by atoms with van der Waals surface area (Å²) in [5, 5.41) is 9.77. The standard InChI is InChI=1S/C13H21O.C5H5.Fe/c1-2-3-4-5-6-11-13(14)12-9-7-8-10-12;1-2-4-5-3-1;/h7-10,13-14H,2-6,11H2,1H3;1-5H;/q-1;-5;. The molecule has 2 rings (SSSR count). The van der Waals surface area contributed by atoms with E-state index in [-0.39, 0.29) is 23.2 Å². The molecule has 2 aromatic rings. The second-order valence-electron chi connectivity index (χ2n) is 4.90. The molecular weight excluding hydrogens is 288 g/mol. The minimum Gasteiger partial charge on any atom is -0.748 e. The fourth-order valence-electron chi connectivity index (χ4n) is 2.04. The van der Waals surface area contributed by atoms with Crippen LogP contribution in [0.3, 0.4) is 0 Å². The van der Waals surface area contributed by atoms with E-state index >= 15 is 0 Å². The molecule has 1 nitrogen and oxygen atoms in total. The van der Waals surface area contributed by atoms with E-state index in [1.54, 1.807) is 0 Å². The van der Waals surface area contributed by atoms with E-state index < -0.39 is 0 Å². The molecule has 0 bridgehead atoms. The summed E-state index contributed by atoms with van der Waals surface area (Å²) in [7, 11) is 0. The van der Waals surface area contributed by atoms with Crippen LogP contribution in [0.5, 0.6) is 0 Å². The molecule has 118 valence electrons. The van der Waals surface area contributed by atoms with E-state index in [0.29, 0.717) is 0 Å². The Balaban J connectivity index is 0.000000507. The second-order valence-corrected chi connectivity index (χ2v) is 4.90. The van der Waals surface area contributed by atoms with Gasteiger partial charge in [-0.05, 0) is 6.42 Å². The molecule has 0 amide bonds. The van der Waals surface area contributed by atoms with Gasteiger partial charge in [-0.15, -0.1) is 5.56 Å². The van der Waals surface area contributed by atoms with Crippen LogP contribution in [0.25, 0.3) is 0 Å². The first-order valence-electron chi connectivity index (χ1n) is 7.41.